The van der Waals surface area contributed by atoms with E-state index in [9.17, 15) is 9.59 Å². The van der Waals surface area contributed by atoms with Crippen LogP contribution in [0.3, 0.4) is 0 Å². The molecule has 0 heterocycles. The van der Waals surface area contributed by atoms with Gasteiger partial charge in [0.05, 0.1) is 7.11 Å². The van der Waals surface area contributed by atoms with E-state index in [1.165, 1.54) is 7.11 Å². The van der Waals surface area contributed by atoms with Gasteiger partial charge in [-0.25, -0.2) is 4.79 Å². The van der Waals surface area contributed by atoms with Crippen LogP contribution in [0.5, 0.6) is 0 Å². The molecule has 0 aromatic heterocycles. The number of methoxy groups -OCH3 is 1. The van der Waals surface area contributed by atoms with Crippen LogP contribution in [0.2, 0.25) is 0 Å². The summed E-state index contributed by atoms with van der Waals surface area (Å²) in [5.74, 6) is -0.270. The number of hydrogen-bond acceptors (Lipinski definition) is 4. The molecule has 1 aliphatic carbocycles. The van der Waals surface area contributed by atoms with Gasteiger partial charge >= 0.3 is 5.97 Å². The largest absolute Gasteiger partial charge is 0.467 e. The summed E-state index contributed by atoms with van der Waals surface area (Å²) in [5.41, 5.74) is 4.77. The summed E-state index contributed by atoms with van der Waals surface area (Å²) in [6, 6.07) is 0. The summed E-state index contributed by atoms with van der Waals surface area (Å²) in [6.07, 6.45) is 4.26. The van der Waals surface area contributed by atoms with Gasteiger partial charge in [-0.3, -0.25) is 4.79 Å². The molecule has 0 bridgehead atoms. The third kappa shape index (κ3) is 3.69. The van der Waals surface area contributed by atoms with Gasteiger partial charge in [0.25, 0.3) is 0 Å². The topological polar surface area (TPSA) is 81.4 Å². The summed E-state index contributed by atoms with van der Waals surface area (Å²) >= 11 is 0. The molecule has 1 rings (SSSR count). The molecule has 1 saturated carbocycles. The van der Waals surface area contributed by atoms with Gasteiger partial charge in [-0.2, -0.15) is 0 Å². The maximum Gasteiger partial charge on any atom is 0.331 e. The number of carbonyl (C=O) groups excluding carboxylic acids is 2. The number of amides is 1. The fraction of sp³-hybridized carbons (Fsp3) is 0.857. The Kier molecular flexibility index (Phi) is 5.79. The van der Waals surface area contributed by atoms with Gasteiger partial charge in [0.15, 0.2) is 0 Å². The number of hydrogen-bond donors (Lipinski definition) is 2. The molecule has 1 amide bonds. The molecule has 1 unspecified atom stereocenters. The van der Waals surface area contributed by atoms with Crippen molar-refractivity contribution in [3.05, 3.63) is 0 Å². The lowest BCUT2D eigenvalue weighted by atomic mass is 9.91. The second kappa shape index (κ2) is 6.89. The predicted molar refractivity (Wildman–Crippen MR) is 73.4 cm³/mol. The van der Waals surface area contributed by atoms with Crippen molar-refractivity contribution < 1.29 is 14.3 Å². The molecule has 0 saturated heterocycles. The first kappa shape index (κ1) is 16.0. The van der Waals surface area contributed by atoms with Gasteiger partial charge in [-0.05, 0) is 38.6 Å². The number of nitrogens with two attached hydrogens (primary N) is 1. The molecule has 110 valence electrons. The SMILES string of the molecule is CCCC(C)(NC(=O)[C@@H]1CCC[C@@H]1CN)C(=O)OC. The van der Waals surface area contributed by atoms with Crippen molar-refractivity contribution >= 4 is 11.9 Å². The van der Waals surface area contributed by atoms with E-state index >= 15 is 0 Å². The zero-order valence-corrected chi connectivity index (χ0v) is 12.2. The Labute approximate surface area is 115 Å². The van der Waals surface area contributed by atoms with Crippen molar-refractivity contribution in [2.24, 2.45) is 17.6 Å². The van der Waals surface area contributed by atoms with E-state index in [1.54, 1.807) is 6.92 Å². The number of ether oxygens (including phenoxy) is 1. The van der Waals surface area contributed by atoms with E-state index in [-0.39, 0.29) is 23.7 Å². The highest BCUT2D eigenvalue weighted by molar-refractivity contribution is 5.88. The summed E-state index contributed by atoms with van der Waals surface area (Å²) in [5, 5.41) is 2.88. The Balaban J connectivity index is 2.73. The normalized spacial score (nSPS) is 25.7. The van der Waals surface area contributed by atoms with Crippen LogP contribution < -0.4 is 11.1 Å². The van der Waals surface area contributed by atoms with Gasteiger partial charge in [0, 0.05) is 5.92 Å². The smallest absolute Gasteiger partial charge is 0.331 e. The molecule has 1 fully saturated rings. The Morgan fingerprint density at radius 2 is 2.11 bits per heavy atom. The average molecular weight is 270 g/mol. The molecule has 0 radical (unpaired) electrons. The minimum Gasteiger partial charge on any atom is -0.467 e. The van der Waals surface area contributed by atoms with Gasteiger partial charge in [0.1, 0.15) is 5.54 Å². The molecule has 1 aliphatic rings. The zero-order chi connectivity index (χ0) is 14.5. The molecule has 0 aromatic rings. The lowest BCUT2D eigenvalue weighted by molar-refractivity contribution is -0.151. The minimum absolute atomic E-state index is 0.0608. The molecule has 5 nitrogen and oxygen atoms in total. The summed E-state index contributed by atoms with van der Waals surface area (Å²) < 4.78 is 4.81. The van der Waals surface area contributed by atoms with Gasteiger partial charge in [0.2, 0.25) is 5.91 Å². The molecule has 0 aromatic carbocycles. The van der Waals surface area contributed by atoms with Crippen LogP contribution in [0.25, 0.3) is 0 Å². The van der Waals surface area contributed by atoms with Gasteiger partial charge < -0.3 is 15.8 Å². The van der Waals surface area contributed by atoms with E-state index in [0.29, 0.717) is 13.0 Å². The summed E-state index contributed by atoms with van der Waals surface area (Å²) in [4.78, 5) is 24.2. The number of nitrogens with one attached hydrogen (secondary N) is 1. The summed E-state index contributed by atoms with van der Waals surface area (Å²) in [7, 11) is 1.35. The Bertz CT molecular complexity index is 333. The highest BCUT2D eigenvalue weighted by Crippen LogP contribution is 2.31. The molecular formula is C14H26N2O3. The monoisotopic (exact) mass is 270 g/mol. The van der Waals surface area contributed by atoms with Crippen LogP contribution in [-0.4, -0.2) is 31.1 Å². The van der Waals surface area contributed by atoms with Crippen LogP contribution in [0.15, 0.2) is 0 Å². The molecule has 3 N–H and O–H groups in total. The first-order chi connectivity index (χ1) is 8.98. The third-order valence-electron chi connectivity index (χ3n) is 4.08. The van der Waals surface area contributed by atoms with Crippen LogP contribution in [0, 0.1) is 11.8 Å². The first-order valence-corrected chi connectivity index (χ1v) is 7.09. The van der Waals surface area contributed by atoms with E-state index in [1.807, 2.05) is 6.92 Å². The van der Waals surface area contributed by atoms with Crippen LogP contribution >= 0.6 is 0 Å². The lowest BCUT2D eigenvalue weighted by Gasteiger charge is -2.30. The second-order valence-electron chi connectivity index (χ2n) is 5.60. The van der Waals surface area contributed by atoms with E-state index in [4.69, 9.17) is 10.5 Å². The molecule has 5 heteroatoms. The van der Waals surface area contributed by atoms with Crippen LogP contribution in [0.4, 0.5) is 0 Å². The van der Waals surface area contributed by atoms with Crippen LogP contribution in [-0.2, 0) is 14.3 Å². The predicted octanol–water partition coefficient (Wildman–Crippen LogP) is 1.21. The van der Waals surface area contributed by atoms with E-state index in [0.717, 1.165) is 25.7 Å². The Morgan fingerprint density at radius 1 is 1.42 bits per heavy atom. The second-order valence-corrected chi connectivity index (χ2v) is 5.60. The number of rotatable bonds is 6. The number of esters is 1. The number of carbonyl (C=O) groups is 2. The molecule has 3 atom stereocenters. The maximum absolute atomic E-state index is 12.4. The quantitative estimate of drug-likeness (QED) is 0.711. The van der Waals surface area contributed by atoms with Crippen molar-refractivity contribution in [2.75, 3.05) is 13.7 Å². The Hall–Kier alpha value is -1.10. The van der Waals surface area contributed by atoms with E-state index in [2.05, 4.69) is 5.32 Å². The highest BCUT2D eigenvalue weighted by atomic mass is 16.5. The first-order valence-electron chi connectivity index (χ1n) is 7.09. The standard InChI is InChI=1S/C14H26N2O3/c1-4-8-14(2,13(18)19-3)16-12(17)11-7-5-6-10(11)9-15/h10-11H,4-9,15H2,1-3H3,(H,16,17)/t10-,11-,14?/m1/s1. The van der Waals surface area contributed by atoms with Crippen molar-refractivity contribution in [1.29, 1.82) is 0 Å². The van der Waals surface area contributed by atoms with Gasteiger partial charge in [-0.1, -0.05) is 19.8 Å². The van der Waals surface area contributed by atoms with Crippen molar-refractivity contribution in [3.8, 4) is 0 Å². The van der Waals surface area contributed by atoms with Crippen molar-refractivity contribution in [1.82, 2.24) is 5.32 Å². The fourth-order valence-corrected chi connectivity index (χ4v) is 2.97. The van der Waals surface area contributed by atoms with Crippen molar-refractivity contribution in [2.45, 2.75) is 51.5 Å². The summed E-state index contributed by atoms with van der Waals surface area (Å²) in [6.45, 7) is 4.24. The average Bonchev–Trinajstić information content (AvgIpc) is 2.86. The van der Waals surface area contributed by atoms with Gasteiger partial charge in [-0.15, -0.1) is 0 Å². The van der Waals surface area contributed by atoms with Crippen molar-refractivity contribution in [3.63, 3.8) is 0 Å². The minimum atomic E-state index is -0.928. The maximum atomic E-state index is 12.4. The highest BCUT2D eigenvalue weighted by Gasteiger charge is 2.39. The molecular weight excluding hydrogens is 244 g/mol. The third-order valence-corrected chi connectivity index (χ3v) is 4.08. The van der Waals surface area contributed by atoms with E-state index < -0.39 is 5.54 Å². The molecule has 0 aliphatic heterocycles. The molecule has 19 heavy (non-hydrogen) atoms. The molecule has 0 spiro atoms. The lowest BCUT2D eigenvalue weighted by Crippen LogP contribution is -2.54. The Morgan fingerprint density at radius 3 is 2.63 bits per heavy atom. The fourth-order valence-electron chi connectivity index (χ4n) is 2.97. The zero-order valence-electron chi connectivity index (χ0n) is 12.2. The van der Waals surface area contributed by atoms with Crippen LogP contribution in [0.1, 0.15) is 46.0 Å².